The second-order valence-corrected chi connectivity index (χ2v) is 9.82. The van der Waals surface area contributed by atoms with E-state index in [-0.39, 0.29) is 5.41 Å². The van der Waals surface area contributed by atoms with Crippen molar-refractivity contribution in [2.24, 2.45) is 14.1 Å². The van der Waals surface area contributed by atoms with E-state index >= 15 is 0 Å². The summed E-state index contributed by atoms with van der Waals surface area (Å²) < 4.78 is 7.88. The molecule has 0 N–H and O–H groups in total. The van der Waals surface area contributed by atoms with Gasteiger partial charge < -0.3 is 4.52 Å². The molecule has 0 aliphatic heterocycles. The van der Waals surface area contributed by atoms with E-state index in [4.69, 9.17) is 4.52 Å². The molecule has 1 aromatic carbocycles. The zero-order valence-electron chi connectivity index (χ0n) is 19.5. The van der Waals surface area contributed by atoms with Gasteiger partial charge in [-0.3, -0.25) is 13.9 Å². The molecule has 0 aliphatic carbocycles. The number of hydrogen-bond donors (Lipinski definition) is 0. The van der Waals surface area contributed by atoms with Crippen LogP contribution in [0.1, 0.15) is 45.0 Å². The van der Waals surface area contributed by atoms with Gasteiger partial charge in [0.15, 0.2) is 5.65 Å². The zero-order valence-corrected chi connectivity index (χ0v) is 20.4. The molecule has 10 heteroatoms. The van der Waals surface area contributed by atoms with Crippen molar-refractivity contribution in [2.75, 3.05) is 0 Å². The lowest BCUT2D eigenvalue weighted by molar-refractivity contribution is 0.391. The van der Waals surface area contributed by atoms with Gasteiger partial charge in [-0.2, -0.15) is 4.98 Å². The van der Waals surface area contributed by atoms with E-state index in [2.05, 4.69) is 27.0 Å². The third kappa shape index (κ3) is 4.35. The van der Waals surface area contributed by atoms with Crippen molar-refractivity contribution >= 4 is 22.8 Å². The smallest absolute Gasteiger partial charge is 0.332 e. The van der Waals surface area contributed by atoms with E-state index in [0.717, 1.165) is 16.6 Å². The minimum Gasteiger partial charge on any atom is -0.338 e. The lowest BCUT2D eigenvalue weighted by Gasteiger charge is -2.19. The Morgan fingerprint density at radius 1 is 1.00 bits per heavy atom. The topological polar surface area (TPSA) is 109 Å². The largest absolute Gasteiger partial charge is 0.338 e. The van der Waals surface area contributed by atoms with Crippen molar-refractivity contribution < 1.29 is 4.52 Å². The summed E-state index contributed by atoms with van der Waals surface area (Å²) in [7, 11) is 3.05. The van der Waals surface area contributed by atoms with Crippen LogP contribution in [0.25, 0.3) is 22.4 Å². The number of hydrogen-bond acceptors (Lipinski definition) is 8. The minimum absolute atomic E-state index is 0.299. The van der Waals surface area contributed by atoms with E-state index < -0.39 is 11.2 Å². The number of nitrogens with zero attached hydrogens (tertiary/aromatic N) is 6. The summed E-state index contributed by atoms with van der Waals surface area (Å²) in [6.07, 6.45) is 0.961. The highest BCUT2D eigenvalue weighted by Gasteiger charge is 2.24. The van der Waals surface area contributed by atoms with E-state index in [1.54, 1.807) is 7.05 Å². The number of thioether (sulfide) groups is 1. The predicted molar refractivity (Wildman–Crippen MR) is 127 cm³/mol. The molecule has 0 radical (unpaired) electrons. The van der Waals surface area contributed by atoms with Crippen LogP contribution in [0.15, 0.2) is 43.4 Å². The molecular formula is C23H26N6O3S. The Kier molecular flexibility index (Phi) is 5.96. The van der Waals surface area contributed by atoms with Crippen LogP contribution in [-0.4, -0.2) is 29.2 Å². The summed E-state index contributed by atoms with van der Waals surface area (Å²) in [6.45, 7) is 8.05. The van der Waals surface area contributed by atoms with E-state index in [1.807, 2.05) is 45.0 Å². The van der Waals surface area contributed by atoms with Gasteiger partial charge in [-0.1, -0.05) is 68.9 Å². The van der Waals surface area contributed by atoms with Gasteiger partial charge in [0.2, 0.25) is 11.7 Å². The summed E-state index contributed by atoms with van der Waals surface area (Å²) >= 11 is 1.31. The number of fused-ring (bicyclic) bond motifs is 1. The molecular weight excluding hydrogens is 440 g/mol. The number of benzene rings is 1. The molecule has 0 spiro atoms. The van der Waals surface area contributed by atoms with Crippen LogP contribution in [0.2, 0.25) is 0 Å². The maximum Gasteiger partial charge on any atom is 0.332 e. The molecule has 4 aromatic rings. The van der Waals surface area contributed by atoms with Crippen LogP contribution >= 0.6 is 11.8 Å². The molecule has 9 nitrogen and oxygen atoms in total. The van der Waals surface area contributed by atoms with Crippen molar-refractivity contribution in [3.05, 3.63) is 62.4 Å². The monoisotopic (exact) mass is 466 g/mol. The van der Waals surface area contributed by atoms with Crippen molar-refractivity contribution in [3.63, 3.8) is 0 Å². The van der Waals surface area contributed by atoms with Gasteiger partial charge in [-0.15, -0.1) is 0 Å². The first-order chi connectivity index (χ1) is 15.6. The molecule has 0 amide bonds. The van der Waals surface area contributed by atoms with E-state index in [0.29, 0.717) is 39.4 Å². The molecule has 3 heterocycles. The van der Waals surface area contributed by atoms with Crippen LogP contribution in [0, 0.1) is 0 Å². The van der Waals surface area contributed by atoms with Gasteiger partial charge >= 0.3 is 5.69 Å². The van der Waals surface area contributed by atoms with Crippen molar-refractivity contribution in [1.29, 1.82) is 0 Å². The summed E-state index contributed by atoms with van der Waals surface area (Å²) in [5, 5.41) is 4.87. The minimum atomic E-state index is -0.433. The highest BCUT2D eigenvalue weighted by molar-refractivity contribution is 7.98. The Hall–Kier alpha value is -3.27. The van der Waals surface area contributed by atoms with Gasteiger partial charge in [0, 0.05) is 25.1 Å². The average molecular weight is 467 g/mol. The van der Waals surface area contributed by atoms with Gasteiger partial charge in [-0.05, 0) is 12.0 Å². The molecule has 33 heavy (non-hydrogen) atoms. The van der Waals surface area contributed by atoms with E-state index in [1.165, 1.54) is 28.9 Å². The second kappa shape index (κ2) is 8.58. The van der Waals surface area contributed by atoms with Crippen molar-refractivity contribution in [3.8, 4) is 11.4 Å². The highest BCUT2D eigenvalue weighted by Crippen LogP contribution is 2.29. The summed E-state index contributed by atoms with van der Waals surface area (Å²) in [5.74, 6) is 1.79. The summed E-state index contributed by atoms with van der Waals surface area (Å²) in [4.78, 5) is 39.1. The first kappa shape index (κ1) is 22.9. The molecule has 0 atom stereocenters. The molecule has 0 saturated carbocycles. The normalized spacial score (nSPS) is 11.9. The van der Waals surface area contributed by atoms with Gasteiger partial charge in [0.25, 0.3) is 5.56 Å². The third-order valence-corrected chi connectivity index (χ3v) is 6.32. The fourth-order valence-electron chi connectivity index (χ4n) is 3.32. The molecule has 0 unspecified atom stereocenters. The van der Waals surface area contributed by atoms with Crippen molar-refractivity contribution in [1.82, 2.24) is 29.2 Å². The summed E-state index contributed by atoms with van der Waals surface area (Å²) in [6, 6.07) is 8.03. The number of aromatic nitrogens is 6. The molecule has 172 valence electrons. The number of rotatable bonds is 5. The molecule has 3 aromatic heterocycles. The second-order valence-electron chi connectivity index (χ2n) is 8.86. The first-order valence-corrected chi connectivity index (χ1v) is 11.6. The average Bonchev–Trinajstić information content (AvgIpc) is 3.28. The van der Waals surface area contributed by atoms with Gasteiger partial charge in [-0.25, -0.2) is 14.8 Å². The Bertz CT molecular complexity index is 1440. The first-order valence-electron chi connectivity index (χ1n) is 10.6. The Balaban J connectivity index is 1.72. The lowest BCUT2D eigenvalue weighted by atomic mass is 9.96. The molecule has 0 aliphatic rings. The van der Waals surface area contributed by atoms with Crippen LogP contribution in [0.4, 0.5) is 0 Å². The summed E-state index contributed by atoms with van der Waals surface area (Å²) in [5.41, 5.74) is 1.18. The molecule has 0 saturated heterocycles. The fraction of sp³-hybridized carbons (Fsp3) is 0.391. The van der Waals surface area contributed by atoms with Crippen LogP contribution in [-0.2, 0) is 31.7 Å². The predicted octanol–water partition coefficient (Wildman–Crippen LogP) is 3.23. The Morgan fingerprint density at radius 2 is 1.70 bits per heavy atom. The molecule has 0 fully saturated rings. The quantitative estimate of drug-likeness (QED) is 0.326. The van der Waals surface area contributed by atoms with Gasteiger partial charge in [0.05, 0.1) is 5.75 Å². The molecule has 0 bridgehead atoms. The SMILES string of the molecule is CCc1ccc(-c2noc(CSc3nc(C(C)(C)C)nc4c3c(=O)n(C)c(=O)n4C)n2)cc1. The standard InChI is InChI=1S/C23H26N6O3S/c1-7-13-8-10-14(11-9-13)17-24-15(32-27-17)12-33-19-16-18(25-21(26-19)23(2,3)4)28(5)22(31)29(6)20(16)30/h8-11H,7,12H2,1-6H3. The lowest BCUT2D eigenvalue weighted by Crippen LogP contribution is -2.38. The maximum absolute atomic E-state index is 12.9. The van der Waals surface area contributed by atoms with Crippen LogP contribution < -0.4 is 11.2 Å². The fourth-order valence-corrected chi connectivity index (χ4v) is 4.17. The van der Waals surface area contributed by atoms with Crippen LogP contribution in [0.5, 0.6) is 0 Å². The Labute approximate surface area is 194 Å². The molecule has 4 rings (SSSR count). The third-order valence-electron chi connectivity index (χ3n) is 5.36. The number of aryl methyl sites for hydroxylation is 2. The van der Waals surface area contributed by atoms with E-state index in [9.17, 15) is 9.59 Å². The maximum atomic E-state index is 12.9. The Morgan fingerprint density at radius 3 is 2.33 bits per heavy atom. The van der Waals surface area contributed by atoms with Gasteiger partial charge in [0.1, 0.15) is 16.2 Å². The van der Waals surface area contributed by atoms with Crippen molar-refractivity contribution in [2.45, 2.75) is 50.3 Å². The highest BCUT2D eigenvalue weighted by atomic mass is 32.2. The van der Waals surface area contributed by atoms with Crippen LogP contribution in [0.3, 0.4) is 0 Å². The zero-order chi connectivity index (χ0) is 23.9.